The van der Waals surface area contributed by atoms with Gasteiger partial charge in [-0.05, 0) is 49.6 Å². The first-order valence-electron chi connectivity index (χ1n) is 14.4. The summed E-state index contributed by atoms with van der Waals surface area (Å²) < 4.78 is 13.1. The van der Waals surface area contributed by atoms with Crippen molar-refractivity contribution in [3.63, 3.8) is 0 Å². The predicted octanol–water partition coefficient (Wildman–Crippen LogP) is 4.09. The number of rotatable bonds is 12. The number of furan rings is 1. The molecule has 43 heavy (non-hydrogen) atoms. The average molecular weight is 589 g/mol. The summed E-state index contributed by atoms with van der Waals surface area (Å²) in [5.41, 5.74) is 8.44. The van der Waals surface area contributed by atoms with Gasteiger partial charge in [-0.2, -0.15) is 0 Å². The van der Waals surface area contributed by atoms with Gasteiger partial charge in [-0.3, -0.25) is 19.7 Å². The number of likely N-dealkylation sites (tertiary alicyclic amines) is 1. The molecule has 1 saturated heterocycles. The zero-order chi connectivity index (χ0) is 30.3. The second-order valence-corrected chi connectivity index (χ2v) is 10.7. The summed E-state index contributed by atoms with van der Waals surface area (Å²) in [6.45, 7) is 2.73. The van der Waals surface area contributed by atoms with E-state index in [2.05, 4.69) is 16.0 Å². The number of nitro groups is 1. The molecule has 3 heterocycles. The lowest BCUT2D eigenvalue weighted by molar-refractivity contribution is -0.384. The molecule has 12 heteroatoms. The smallest absolute Gasteiger partial charge is 0.287 e. The van der Waals surface area contributed by atoms with Gasteiger partial charge in [0.15, 0.2) is 5.76 Å². The third-order valence-electron chi connectivity index (χ3n) is 7.71. The minimum absolute atomic E-state index is 0.000983. The number of nitro benzene ring substituents is 1. The van der Waals surface area contributed by atoms with Crippen LogP contribution in [0.4, 0.5) is 5.69 Å². The number of carbonyl (C=O) groups is 2. The first-order valence-corrected chi connectivity index (χ1v) is 14.4. The summed E-state index contributed by atoms with van der Waals surface area (Å²) in [7, 11) is 1.70. The van der Waals surface area contributed by atoms with Crippen molar-refractivity contribution in [3.8, 4) is 11.3 Å². The molecule has 5 rings (SSSR count). The van der Waals surface area contributed by atoms with Crippen LogP contribution in [0.2, 0.25) is 0 Å². The van der Waals surface area contributed by atoms with Crippen molar-refractivity contribution in [3.05, 3.63) is 82.4 Å². The highest BCUT2D eigenvalue weighted by molar-refractivity contribution is 5.92. The van der Waals surface area contributed by atoms with E-state index in [1.165, 1.54) is 18.2 Å². The van der Waals surface area contributed by atoms with Crippen molar-refractivity contribution in [2.24, 2.45) is 5.73 Å². The van der Waals surface area contributed by atoms with E-state index in [4.69, 9.17) is 19.9 Å². The molecular weight excluding hydrogens is 552 g/mol. The number of hydrogen-bond acceptors (Lipinski definition) is 8. The Morgan fingerprint density at radius 1 is 1.19 bits per heavy atom. The molecular formula is C31H36N6O6. The van der Waals surface area contributed by atoms with Gasteiger partial charge in [-0.15, -0.1) is 0 Å². The Kier molecular flexibility index (Phi) is 9.48. The molecule has 2 atom stereocenters. The molecule has 12 nitrogen and oxygen atoms in total. The molecule has 226 valence electrons. The van der Waals surface area contributed by atoms with Crippen LogP contribution in [-0.2, 0) is 16.1 Å². The van der Waals surface area contributed by atoms with Crippen LogP contribution in [-0.4, -0.2) is 70.6 Å². The summed E-state index contributed by atoms with van der Waals surface area (Å²) in [5, 5.41) is 14.0. The van der Waals surface area contributed by atoms with Gasteiger partial charge in [0.25, 0.3) is 11.6 Å². The average Bonchev–Trinajstić information content (AvgIpc) is 3.66. The number of hydrogen-bond donors (Lipinski definition) is 2. The number of carbonyl (C=O) groups excluding carboxylic acids is 2. The van der Waals surface area contributed by atoms with Crippen LogP contribution in [0.15, 0.2) is 65.1 Å². The van der Waals surface area contributed by atoms with Gasteiger partial charge in [-0.1, -0.05) is 24.3 Å². The molecule has 1 aliphatic rings. The maximum atomic E-state index is 13.2. The highest BCUT2D eigenvalue weighted by atomic mass is 16.6. The Bertz CT molecular complexity index is 1600. The lowest BCUT2D eigenvalue weighted by Gasteiger charge is -2.33. The minimum atomic E-state index is -0.597. The molecule has 2 aromatic heterocycles. The first kappa shape index (κ1) is 29.9. The summed E-state index contributed by atoms with van der Waals surface area (Å²) >= 11 is 0. The third kappa shape index (κ3) is 6.92. The van der Waals surface area contributed by atoms with Crippen LogP contribution < -0.4 is 11.1 Å². The maximum absolute atomic E-state index is 13.2. The number of nitrogens with two attached hydrogens (primary N) is 1. The van der Waals surface area contributed by atoms with E-state index in [-0.39, 0.29) is 47.6 Å². The summed E-state index contributed by atoms with van der Waals surface area (Å²) in [6.07, 6.45) is 2.75. The molecule has 2 unspecified atom stereocenters. The van der Waals surface area contributed by atoms with Crippen LogP contribution in [0, 0.1) is 10.1 Å². The number of amides is 2. The van der Waals surface area contributed by atoms with E-state index in [9.17, 15) is 19.7 Å². The van der Waals surface area contributed by atoms with Crippen molar-refractivity contribution in [2.45, 2.75) is 44.2 Å². The number of ether oxygens (including phenoxy) is 1. The van der Waals surface area contributed by atoms with Gasteiger partial charge >= 0.3 is 0 Å². The van der Waals surface area contributed by atoms with Crippen molar-refractivity contribution < 1.29 is 23.7 Å². The van der Waals surface area contributed by atoms with E-state index < -0.39 is 16.9 Å². The fraction of sp³-hybridized carbons (Fsp3) is 0.387. The lowest BCUT2D eigenvalue weighted by Crippen LogP contribution is -2.45. The Balaban J connectivity index is 1.17. The largest absolute Gasteiger partial charge is 0.451 e. The number of aromatic nitrogens is 2. The van der Waals surface area contributed by atoms with Gasteiger partial charge in [0, 0.05) is 64.3 Å². The zero-order valence-electron chi connectivity index (χ0n) is 24.1. The topological polar surface area (TPSA) is 159 Å². The molecule has 1 fully saturated rings. The lowest BCUT2D eigenvalue weighted by atomic mass is 9.96. The number of para-hydroxylation sites is 3. The normalized spacial score (nSPS) is 15.9. The van der Waals surface area contributed by atoms with E-state index in [0.29, 0.717) is 19.7 Å². The molecule has 2 amide bonds. The zero-order valence-corrected chi connectivity index (χ0v) is 24.1. The second kappa shape index (κ2) is 13.6. The molecule has 0 bridgehead atoms. The van der Waals surface area contributed by atoms with Gasteiger partial charge in [0.2, 0.25) is 5.91 Å². The summed E-state index contributed by atoms with van der Waals surface area (Å²) in [4.78, 5) is 43.6. The fourth-order valence-corrected chi connectivity index (χ4v) is 5.60. The Morgan fingerprint density at radius 2 is 1.98 bits per heavy atom. The summed E-state index contributed by atoms with van der Waals surface area (Å²) in [5.74, 6) is 0.730. The Labute approximate surface area is 249 Å². The Hall–Kier alpha value is -4.55. The highest BCUT2D eigenvalue weighted by Crippen LogP contribution is 2.31. The summed E-state index contributed by atoms with van der Waals surface area (Å²) in [6, 6.07) is 16.6. The molecule has 0 saturated carbocycles. The van der Waals surface area contributed by atoms with Crippen LogP contribution in [0.3, 0.4) is 0 Å². The van der Waals surface area contributed by atoms with E-state index in [1.54, 1.807) is 25.3 Å². The first-order chi connectivity index (χ1) is 20.9. The molecule has 3 N–H and O–H groups in total. The number of nitrogens with zero attached hydrogens (tertiary/aromatic N) is 4. The molecule has 0 aliphatic carbocycles. The van der Waals surface area contributed by atoms with Gasteiger partial charge in [-0.25, -0.2) is 4.98 Å². The van der Waals surface area contributed by atoms with Crippen molar-refractivity contribution in [1.82, 2.24) is 19.8 Å². The predicted molar refractivity (Wildman–Crippen MR) is 161 cm³/mol. The van der Waals surface area contributed by atoms with Crippen LogP contribution in [0.25, 0.3) is 22.4 Å². The third-order valence-corrected chi connectivity index (χ3v) is 7.71. The SMILES string of the molecule is COCCCn1c(C2CCCN(C(=O)CC(N)CNC(=O)c3ccc(-c4ccccc4[N+](=O)[O-])o3)C2)nc2ccccc21. The van der Waals surface area contributed by atoms with Crippen LogP contribution >= 0.6 is 0 Å². The van der Waals surface area contributed by atoms with Crippen molar-refractivity contribution in [2.75, 3.05) is 33.4 Å². The maximum Gasteiger partial charge on any atom is 0.287 e. The molecule has 4 aromatic rings. The number of piperidine rings is 1. The number of fused-ring (bicyclic) bond motifs is 1. The van der Waals surface area contributed by atoms with E-state index in [0.717, 1.165) is 42.7 Å². The van der Waals surface area contributed by atoms with Crippen molar-refractivity contribution in [1.29, 1.82) is 0 Å². The molecule has 1 aliphatic heterocycles. The molecule has 0 spiro atoms. The fourth-order valence-electron chi connectivity index (χ4n) is 5.60. The number of imidazole rings is 1. The van der Waals surface area contributed by atoms with E-state index >= 15 is 0 Å². The molecule has 0 radical (unpaired) electrons. The standard InChI is InChI=1S/C31H36N6O6/c1-42-17-7-16-36-26-12-5-3-10-24(26)34-30(36)21-8-6-15-35(20-21)29(38)18-22(32)19-33-31(39)28-14-13-27(43-28)23-9-2-4-11-25(23)37(40)41/h2-5,9-14,21-22H,6-8,15-20,32H2,1H3,(H,33,39). The van der Waals surface area contributed by atoms with E-state index in [1.807, 2.05) is 23.1 Å². The Morgan fingerprint density at radius 3 is 2.79 bits per heavy atom. The van der Waals surface area contributed by atoms with Crippen LogP contribution in [0.1, 0.15) is 48.0 Å². The number of methoxy groups -OCH3 is 1. The number of aryl methyl sites for hydroxylation is 1. The van der Waals surface area contributed by atoms with Crippen LogP contribution in [0.5, 0.6) is 0 Å². The van der Waals surface area contributed by atoms with Gasteiger partial charge < -0.3 is 29.7 Å². The van der Waals surface area contributed by atoms with Gasteiger partial charge in [0.05, 0.1) is 21.5 Å². The minimum Gasteiger partial charge on any atom is -0.451 e. The number of nitrogens with one attached hydrogen (secondary N) is 1. The quantitative estimate of drug-likeness (QED) is 0.142. The second-order valence-electron chi connectivity index (χ2n) is 10.7. The van der Waals surface area contributed by atoms with Crippen molar-refractivity contribution >= 4 is 28.5 Å². The number of benzene rings is 2. The van der Waals surface area contributed by atoms with Gasteiger partial charge in [0.1, 0.15) is 11.6 Å². The monoisotopic (exact) mass is 588 g/mol. The highest BCUT2D eigenvalue weighted by Gasteiger charge is 2.29. The molecule has 2 aromatic carbocycles.